The number of allylic oxidation sites excluding steroid dienone is 4. The lowest BCUT2D eigenvalue weighted by Gasteiger charge is -2.27. The summed E-state index contributed by atoms with van der Waals surface area (Å²) >= 11 is 0. The standard InChI is InChI=1S/C15H21N/c16-15-9-8-13-12(6-3-7-14(13)15)10-11-4-1-2-5-11/h1,4,8-9,11-12,15H,2-3,5-7,10,16H2. The smallest absolute Gasteiger partial charge is 0.0449 e. The number of nitrogens with two attached hydrogens (primary N) is 1. The molecule has 0 radical (unpaired) electrons. The Morgan fingerprint density at radius 3 is 3.00 bits per heavy atom. The summed E-state index contributed by atoms with van der Waals surface area (Å²) < 4.78 is 0. The second kappa shape index (κ2) is 4.21. The third-order valence-corrected chi connectivity index (χ3v) is 4.39. The molecule has 0 amide bonds. The van der Waals surface area contributed by atoms with E-state index in [1.807, 2.05) is 0 Å². The molecule has 3 rings (SSSR count). The Hall–Kier alpha value is -0.820. The average molecular weight is 215 g/mol. The van der Waals surface area contributed by atoms with Crippen molar-refractivity contribution in [2.75, 3.05) is 0 Å². The quantitative estimate of drug-likeness (QED) is 0.702. The fraction of sp³-hybridized carbons (Fsp3) is 0.600. The van der Waals surface area contributed by atoms with Gasteiger partial charge >= 0.3 is 0 Å². The first-order chi connectivity index (χ1) is 7.84. The minimum absolute atomic E-state index is 0.233. The molecule has 0 saturated heterocycles. The Bertz CT molecular complexity index is 362. The molecule has 0 aromatic carbocycles. The van der Waals surface area contributed by atoms with Crippen molar-refractivity contribution >= 4 is 0 Å². The van der Waals surface area contributed by atoms with Gasteiger partial charge < -0.3 is 5.73 Å². The largest absolute Gasteiger partial charge is 0.321 e. The lowest BCUT2D eigenvalue weighted by Crippen LogP contribution is -2.22. The number of rotatable bonds is 2. The lowest BCUT2D eigenvalue weighted by molar-refractivity contribution is 0.412. The lowest BCUT2D eigenvalue weighted by atomic mass is 9.78. The molecule has 0 fully saturated rings. The normalized spacial score (nSPS) is 37.2. The Balaban J connectivity index is 1.75. The molecule has 86 valence electrons. The summed E-state index contributed by atoms with van der Waals surface area (Å²) in [7, 11) is 0. The van der Waals surface area contributed by atoms with Crippen LogP contribution in [0.3, 0.4) is 0 Å². The zero-order chi connectivity index (χ0) is 11.0. The summed E-state index contributed by atoms with van der Waals surface area (Å²) in [6.07, 6.45) is 17.2. The molecule has 3 aliphatic carbocycles. The van der Waals surface area contributed by atoms with E-state index in [0.717, 1.165) is 11.8 Å². The Labute approximate surface area is 98.1 Å². The molecule has 0 aromatic heterocycles. The van der Waals surface area contributed by atoms with E-state index in [-0.39, 0.29) is 6.04 Å². The SMILES string of the molecule is NC1C=CC2=C1CCCC2CC1C=CCC1. The van der Waals surface area contributed by atoms with Crippen LogP contribution in [0.15, 0.2) is 35.5 Å². The number of hydrogen-bond acceptors (Lipinski definition) is 1. The first-order valence-corrected chi connectivity index (χ1v) is 6.68. The van der Waals surface area contributed by atoms with Gasteiger partial charge in [-0.15, -0.1) is 0 Å². The van der Waals surface area contributed by atoms with E-state index in [0.29, 0.717) is 0 Å². The molecule has 3 aliphatic rings. The predicted octanol–water partition coefficient (Wildman–Crippen LogP) is 3.34. The van der Waals surface area contributed by atoms with Crippen LogP contribution in [0.4, 0.5) is 0 Å². The molecular weight excluding hydrogens is 194 g/mol. The summed E-state index contributed by atoms with van der Waals surface area (Å²) in [6.45, 7) is 0. The van der Waals surface area contributed by atoms with Crippen LogP contribution in [0.25, 0.3) is 0 Å². The van der Waals surface area contributed by atoms with Gasteiger partial charge in [0.15, 0.2) is 0 Å². The van der Waals surface area contributed by atoms with Crippen LogP contribution in [0.5, 0.6) is 0 Å². The van der Waals surface area contributed by atoms with Crippen LogP contribution >= 0.6 is 0 Å². The van der Waals surface area contributed by atoms with Crippen LogP contribution in [0.2, 0.25) is 0 Å². The molecule has 0 heterocycles. The fourth-order valence-corrected chi connectivity index (χ4v) is 3.53. The summed E-state index contributed by atoms with van der Waals surface area (Å²) in [4.78, 5) is 0. The van der Waals surface area contributed by atoms with E-state index in [1.54, 1.807) is 11.1 Å². The van der Waals surface area contributed by atoms with Gasteiger partial charge in [0.25, 0.3) is 0 Å². The first-order valence-electron chi connectivity index (χ1n) is 6.68. The highest BCUT2D eigenvalue weighted by Crippen LogP contribution is 2.40. The van der Waals surface area contributed by atoms with Crippen LogP contribution in [-0.4, -0.2) is 6.04 Å². The van der Waals surface area contributed by atoms with E-state index in [2.05, 4.69) is 24.3 Å². The molecule has 1 nitrogen and oxygen atoms in total. The van der Waals surface area contributed by atoms with Gasteiger partial charge in [-0.3, -0.25) is 0 Å². The summed E-state index contributed by atoms with van der Waals surface area (Å²) in [5.41, 5.74) is 9.24. The van der Waals surface area contributed by atoms with Gasteiger partial charge in [0.05, 0.1) is 0 Å². The second-order valence-electron chi connectivity index (χ2n) is 5.46. The van der Waals surface area contributed by atoms with E-state index in [9.17, 15) is 0 Å². The van der Waals surface area contributed by atoms with Crippen molar-refractivity contribution in [3.8, 4) is 0 Å². The van der Waals surface area contributed by atoms with E-state index in [1.165, 1.54) is 38.5 Å². The molecule has 3 atom stereocenters. The van der Waals surface area contributed by atoms with Gasteiger partial charge in [-0.1, -0.05) is 24.3 Å². The van der Waals surface area contributed by atoms with Crippen LogP contribution in [0, 0.1) is 11.8 Å². The zero-order valence-electron chi connectivity index (χ0n) is 9.86. The van der Waals surface area contributed by atoms with Crippen molar-refractivity contribution in [3.63, 3.8) is 0 Å². The van der Waals surface area contributed by atoms with Crippen molar-refractivity contribution in [2.24, 2.45) is 17.6 Å². The second-order valence-corrected chi connectivity index (χ2v) is 5.46. The molecule has 1 heteroatoms. The van der Waals surface area contributed by atoms with Gasteiger partial charge in [0.2, 0.25) is 0 Å². The highest BCUT2D eigenvalue weighted by molar-refractivity contribution is 5.42. The molecule has 3 unspecified atom stereocenters. The van der Waals surface area contributed by atoms with Crippen molar-refractivity contribution in [1.29, 1.82) is 0 Å². The van der Waals surface area contributed by atoms with E-state index in [4.69, 9.17) is 5.73 Å². The van der Waals surface area contributed by atoms with E-state index >= 15 is 0 Å². The maximum absolute atomic E-state index is 6.10. The average Bonchev–Trinajstić information content (AvgIpc) is 2.90. The fourth-order valence-electron chi connectivity index (χ4n) is 3.53. The van der Waals surface area contributed by atoms with Crippen LogP contribution < -0.4 is 5.73 Å². The highest BCUT2D eigenvalue weighted by atomic mass is 14.6. The van der Waals surface area contributed by atoms with Crippen LogP contribution in [0.1, 0.15) is 38.5 Å². The van der Waals surface area contributed by atoms with Crippen molar-refractivity contribution < 1.29 is 0 Å². The third-order valence-electron chi connectivity index (χ3n) is 4.39. The molecule has 0 bridgehead atoms. The zero-order valence-corrected chi connectivity index (χ0v) is 9.86. The minimum Gasteiger partial charge on any atom is -0.321 e. The highest BCUT2D eigenvalue weighted by Gasteiger charge is 2.28. The molecule has 0 spiro atoms. The van der Waals surface area contributed by atoms with Gasteiger partial charge in [-0.25, -0.2) is 0 Å². The summed E-state index contributed by atoms with van der Waals surface area (Å²) in [6, 6.07) is 0.233. The van der Waals surface area contributed by atoms with Gasteiger partial charge in [0.1, 0.15) is 0 Å². The van der Waals surface area contributed by atoms with Gasteiger partial charge in [-0.05, 0) is 61.5 Å². The third kappa shape index (κ3) is 1.78. The number of hydrogen-bond donors (Lipinski definition) is 1. The molecule has 0 saturated carbocycles. The van der Waals surface area contributed by atoms with Gasteiger partial charge in [0, 0.05) is 6.04 Å². The molecular formula is C15H21N. The van der Waals surface area contributed by atoms with Crippen molar-refractivity contribution in [3.05, 3.63) is 35.5 Å². The van der Waals surface area contributed by atoms with Crippen molar-refractivity contribution in [2.45, 2.75) is 44.6 Å². The Morgan fingerprint density at radius 2 is 2.19 bits per heavy atom. The molecule has 0 aliphatic heterocycles. The topological polar surface area (TPSA) is 26.0 Å². The summed E-state index contributed by atoms with van der Waals surface area (Å²) in [5, 5.41) is 0. The monoisotopic (exact) mass is 215 g/mol. The summed E-state index contributed by atoms with van der Waals surface area (Å²) in [5.74, 6) is 1.63. The molecule has 0 aromatic rings. The maximum Gasteiger partial charge on any atom is 0.0449 e. The van der Waals surface area contributed by atoms with Gasteiger partial charge in [-0.2, -0.15) is 0 Å². The van der Waals surface area contributed by atoms with Crippen molar-refractivity contribution in [1.82, 2.24) is 0 Å². The Morgan fingerprint density at radius 1 is 1.25 bits per heavy atom. The van der Waals surface area contributed by atoms with Crippen LogP contribution in [-0.2, 0) is 0 Å². The first kappa shape index (κ1) is 10.3. The predicted molar refractivity (Wildman–Crippen MR) is 68.0 cm³/mol. The Kier molecular flexibility index (Phi) is 2.72. The molecule has 2 N–H and O–H groups in total. The molecule has 16 heavy (non-hydrogen) atoms. The maximum atomic E-state index is 6.10. The van der Waals surface area contributed by atoms with E-state index < -0.39 is 0 Å². The minimum atomic E-state index is 0.233.